The molecule has 0 aliphatic heterocycles. The lowest BCUT2D eigenvalue weighted by Crippen LogP contribution is -2.37. The van der Waals surface area contributed by atoms with Crippen LogP contribution in [0, 0.1) is 17.8 Å². The van der Waals surface area contributed by atoms with Crippen molar-refractivity contribution in [3.05, 3.63) is 23.8 Å². The molecule has 0 aromatic heterocycles. The highest BCUT2D eigenvalue weighted by Gasteiger charge is 2.30. The van der Waals surface area contributed by atoms with Crippen LogP contribution in [-0.4, -0.2) is 37.4 Å². The summed E-state index contributed by atoms with van der Waals surface area (Å²) in [5.41, 5.74) is 3.04. The monoisotopic (exact) mass is 399 g/mol. The van der Waals surface area contributed by atoms with E-state index in [-0.39, 0.29) is 23.7 Å². The highest BCUT2D eigenvalue weighted by molar-refractivity contribution is 5.93. The Morgan fingerprint density at radius 3 is 2.31 bits per heavy atom. The maximum absolute atomic E-state index is 13.2. The number of hydrogen-bond donors (Lipinski definition) is 1. The number of anilines is 2. The Balaban J connectivity index is 1.81. The third kappa shape index (κ3) is 5.52. The van der Waals surface area contributed by atoms with Crippen LogP contribution in [0.25, 0.3) is 0 Å². The van der Waals surface area contributed by atoms with E-state index in [4.69, 9.17) is 0 Å². The first kappa shape index (κ1) is 21.7. The summed E-state index contributed by atoms with van der Waals surface area (Å²) in [5, 5.41) is 3.09. The fourth-order valence-corrected chi connectivity index (χ4v) is 4.09. The molecule has 1 aromatic carbocycles. The summed E-state index contributed by atoms with van der Waals surface area (Å²) in [6.45, 7) is 5.65. The van der Waals surface area contributed by atoms with Crippen molar-refractivity contribution < 1.29 is 9.59 Å². The van der Waals surface area contributed by atoms with Crippen LogP contribution < -0.4 is 10.2 Å². The van der Waals surface area contributed by atoms with Gasteiger partial charge in [0, 0.05) is 50.4 Å². The largest absolute Gasteiger partial charge is 0.377 e. The summed E-state index contributed by atoms with van der Waals surface area (Å²) >= 11 is 0. The predicted octanol–water partition coefficient (Wildman–Crippen LogP) is 4.67. The van der Waals surface area contributed by atoms with Crippen molar-refractivity contribution in [2.75, 3.05) is 30.9 Å². The number of benzene rings is 1. The Morgan fingerprint density at radius 2 is 1.79 bits per heavy atom. The molecule has 0 atom stereocenters. The minimum atomic E-state index is 0.0954. The van der Waals surface area contributed by atoms with E-state index in [0.717, 1.165) is 55.6 Å². The normalized spacial score (nSPS) is 16.4. The van der Waals surface area contributed by atoms with E-state index >= 15 is 0 Å². The average molecular weight is 400 g/mol. The van der Waals surface area contributed by atoms with Gasteiger partial charge in [0.15, 0.2) is 0 Å². The first-order valence-corrected chi connectivity index (χ1v) is 11.3. The lowest BCUT2D eigenvalue weighted by molar-refractivity contribution is -0.136. The van der Waals surface area contributed by atoms with E-state index in [2.05, 4.69) is 41.1 Å². The van der Waals surface area contributed by atoms with E-state index in [1.54, 1.807) is 0 Å². The molecule has 2 fully saturated rings. The smallest absolute Gasteiger partial charge is 0.227 e. The molecule has 1 N–H and O–H groups in total. The second-order valence-electron chi connectivity index (χ2n) is 9.03. The third-order valence-electron chi connectivity index (χ3n) is 6.49. The molecule has 0 saturated heterocycles. The van der Waals surface area contributed by atoms with Gasteiger partial charge >= 0.3 is 0 Å². The van der Waals surface area contributed by atoms with Gasteiger partial charge in [-0.15, -0.1) is 0 Å². The summed E-state index contributed by atoms with van der Waals surface area (Å²) < 4.78 is 0. The molecule has 160 valence electrons. The van der Waals surface area contributed by atoms with E-state index < -0.39 is 0 Å². The standard InChI is InChI=1S/C24H37N3O2/c1-5-18(6-2)24(29)27(15-17-10-11-17)16-20-14-21(12-13-22(20)26(3)4)25-23(28)19-8-7-9-19/h12-14,17-19H,5-11,15-16H2,1-4H3,(H,25,28). The minimum Gasteiger partial charge on any atom is -0.377 e. The highest BCUT2D eigenvalue weighted by atomic mass is 16.2. The number of hydrogen-bond acceptors (Lipinski definition) is 3. The van der Waals surface area contributed by atoms with Crippen LogP contribution in [0.2, 0.25) is 0 Å². The van der Waals surface area contributed by atoms with Crippen LogP contribution in [0.5, 0.6) is 0 Å². The van der Waals surface area contributed by atoms with Gasteiger partial charge in [-0.25, -0.2) is 0 Å². The Bertz CT molecular complexity index is 719. The van der Waals surface area contributed by atoms with Gasteiger partial charge in [0.05, 0.1) is 0 Å². The summed E-state index contributed by atoms with van der Waals surface area (Å²) in [6, 6.07) is 6.10. The first-order valence-electron chi connectivity index (χ1n) is 11.3. The van der Waals surface area contributed by atoms with E-state index in [1.807, 2.05) is 20.2 Å². The van der Waals surface area contributed by atoms with Gasteiger partial charge in [-0.3, -0.25) is 9.59 Å². The average Bonchev–Trinajstić information content (AvgIpc) is 3.44. The molecule has 29 heavy (non-hydrogen) atoms. The first-order chi connectivity index (χ1) is 13.9. The van der Waals surface area contributed by atoms with E-state index in [9.17, 15) is 9.59 Å². The topological polar surface area (TPSA) is 52.7 Å². The van der Waals surface area contributed by atoms with Gasteiger partial charge in [-0.05, 0) is 68.2 Å². The lowest BCUT2D eigenvalue weighted by Gasteiger charge is -2.29. The zero-order valence-corrected chi connectivity index (χ0v) is 18.5. The molecule has 0 heterocycles. The van der Waals surface area contributed by atoms with Crippen LogP contribution >= 0.6 is 0 Å². The Labute approximate surface area is 175 Å². The van der Waals surface area contributed by atoms with Crippen molar-refractivity contribution in [2.24, 2.45) is 17.8 Å². The molecule has 3 rings (SSSR count). The summed E-state index contributed by atoms with van der Waals surface area (Å²) in [6.07, 6.45) is 7.36. The molecule has 2 amide bonds. The number of carbonyl (C=O) groups is 2. The van der Waals surface area contributed by atoms with Crippen molar-refractivity contribution in [3.63, 3.8) is 0 Å². The Kier molecular flexibility index (Phi) is 7.20. The minimum absolute atomic E-state index is 0.0954. The van der Waals surface area contributed by atoms with Crippen molar-refractivity contribution in [1.82, 2.24) is 4.90 Å². The van der Waals surface area contributed by atoms with Gasteiger partial charge in [-0.2, -0.15) is 0 Å². The summed E-state index contributed by atoms with van der Waals surface area (Å²) in [4.78, 5) is 29.7. The molecule has 2 saturated carbocycles. The van der Waals surface area contributed by atoms with Crippen LogP contribution in [0.3, 0.4) is 0 Å². The van der Waals surface area contributed by atoms with Crippen molar-refractivity contribution in [3.8, 4) is 0 Å². The Morgan fingerprint density at radius 1 is 1.10 bits per heavy atom. The Hall–Kier alpha value is -2.04. The third-order valence-corrected chi connectivity index (χ3v) is 6.49. The molecule has 0 unspecified atom stereocenters. The molecule has 5 heteroatoms. The summed E-state index contributed by atoms with van der Waals surface area (Å²) in [7, 11) is 4.05. The van der Waals surface area contributed by atoms with Gasteiger partial charge in [0.1, 0.15) is 0 Å². The number of nitrogens with one attached hydrogen (secondary N) is 1. The number of amides is 2. The lowest BCUT2D eigenvalue weighted by atomic mass is 9.85. The maximum Gasteiger partial charge on any atom is 0.227 e. The van der Waals surface area contributed by atoms with Crippen molar-refractivity contribution in [2.45, 2.75) is 65.3 Å². The van der Waals surface area contributed by atoms with Crippen LogP contribution in [0.1, 0.15) is 64.4 Å². The second kappa shape index (κ2) is 9.64. The highest BCUT2D eigenvalue weighted by Crippen LogP contribution is 2.33. The molecule has 0 bridgehead atoms. The van der Waals surface area contributed by atoms with Gasteiger partial charge < -0.3 is 15.1 Å². The molecular formula is C24H37N3O2. The number of carbonyl (C=O) groups excluding carboxylic acids is 2. The molecular weight excluding hydrogens is 362 g/mol. The number of nitrogens with zero attached hydrogens (tertiary/aromatic N) is 2. The van der Waals surface area contributed by atoms with Gasteiger partial charge in [0.2, 0.25) is 11.8 Å². The molecule has 5 nitrogen and oxygen atoms in total. The maximum atomic E-state index is 13.2. The zero-order valence-electron chi connectivity index (χ0n) is 18.5. The SMILES string of the molecule is CCC(CC)C(=O)N(Cc1cc(NC(=O)C2CCC2)ccc1N(C)C)CC1CC1. The molecule has 0 radical (unpaired) electrons. The fourth-order valence-electron chi connectivity index (χ4n) is 4.09. The molecule has 1 aromatic rings. The second-order valence-corrected chi connectivity index (χ2v) is 9.03. The van der Waals surface area contributed by atoms with Gasteiger partial charge in [0.25, 0.3) is 0 Å². The fraction of sp³-hybridized carbons (Fsp3) is 0.667. The number of rotatable bonds is 10. The van der Waals surface area contributed by atoms with E-state index in [1.165, 1.54) is 12.8 Å². The molecule has 0 spiro atoms. The molecule has 2 aliphatic carbocycles. The predicted molar refractivity (Wildman–Crippen MR) is 119 cm³/mol. The van der Waals surface area contributed by atoms with Crippen molar-refractivity contribution >= 4 is 23.2 Å². The van der Waals surface area contributed by atoms with Gasteiger partial charge in [-0.1, -0.05) is 20.3 Å². The quantitative estimate of drug-likeness (QED) is 0.622. The zero-order chi connectivity index (χ0) is 21.0. The van der Waals surface area contributed by atoms with Crippen LogP contribution in [-0.2, 0) is 16.1 Å². The van der Waals surface area contributed by atoms with Crippen molar-refractivity contribution in [1.29, 1.82) is 0 Å². The van der Waals surface area contributed by atoms with Crippen LogP contribution in [0.15, 0.2) is 18.2 Å². The summed E-state index contributed by atoms with van der Waals surface area (Å²) in [5.74, 6) is 1.31. The molecule has 2 aliphatic rings. The van der Waals surface area contributed by atoms with E-state index in [0.29, 0.717) is 12.5 Å². The van der Waals surface area contributed by atoms with Crippen LogP contribution in [0.4, 0.5) is 11.4 Å².